The maximum absolute atomic E-state index is 13.3. The average Bonchev–Trinajstić information content (AvgIpc) is 2.29. The lowest BCUT2D eigenvalue weighted by Gasteiger charge is -2.19. The molecule has 1 aromatic carbocycles. The van der Waals surface area contributed by atoms with E-state index in [0.29, 0.717) is 0 Å². The van der Waals surface area contributed by atoms with E-state index in [1.54, 1.807) is 0 Å². The van der Waals surface area contributed by atoms with Gasteiger partial charge in [0.2, 0.25) is 0 Å². The lowest BCUT2D eigenvalue weighted by atomic mass is 9.88. The number of halogens is 2. The summed E-state index contributed by atoms with van der Waals surface area (Å²) in [6.45, 7) is 7.85. The summed E-state index contributed by atoms with van der Waals surface area (Å²) in [7, 11) is 0. The summed E-state index contributed by atoms with van der Waals surface area (Å²) in [5.74, 6) is -1.63. The van der Waals surface area contributed by atoms with E-state index in [9.17, 15) is 13.6 Å². The van der Waals surface area contributed by atoms with E-state index in [1.165, 1.54) is 12.3 Å². The molecule has 5 heteroatoms. The summed E-state index contributed by atoms with van der Waals surface area (Å²) in [6.07, 6.45) is 1.52. The molecule has 0 aromatic heterocycles. The van der Waals surface area contributed by atoms with Crippen molar-refractivity contribution in [2.45, 2.75) is 27.7 Å². The molecule has 3 nitrogen and oxygen atoms in total. The van der Waals surface area contributed by atoms with Gasteiger partial charge < -0.3 is 10.6 Å². The maximum atomic E-state index is 13.3. The Balaban J connectivity index is 2.72. The molecule has 0 fully saturated rings. The normalized spacial score (nSPS) is 12.2. The van der Waals surface area contributed by atoms with E-state index in [0.717, 1.165) is 17.7 Å². The van der Waals surface area contributed by atoms with Crippen molar-refractivity contribution in [1.82, 2.24) is 5.32 Å². The summed E-state index contributed by atoms with van der Waals surface area (Å²) in [4.78, 5) is 11.5. The van der Waals surface area contributed by atoms with Gasteiger partial charge in [0.25, 0.3) is 0 Å². The monoisotopic (exact) mass is 268 g/mol. The zero-order valence-corrected chi connectivity index (χ0v) is 11.5. The fraction of sp³-hybridized carbons (Fsp3) is 0.357. The second-order valence-corrected chi connectivity index (χ2v) is 5.27. The second-order valence-electron chi connectivity index (χ2n) is 5.27. The number of nitrogens with one attached hydrogen (secondary N) is 2. The van der Waals surface area contributed by atoms with Crippen LogP contribution >= 0.6 is 0 Å². The van der Waals surface area contributed by atoms with Gasteiger partial charge in [-0.15, -0.1) is 0 Å². The number of para-hydroxylation sites is 1. The number of allylic oxidation sites excluding steroid dienone is 1. The third-order valence-corrected chi connectivity index (χ3v) is 2.80. The van der Waals surface area contributed by atoms with E-state index in [1.807, 2.05) is 27.7 Å². The van der Waals surface area contributed by atoms with Crippen LogP contribution in [0.1, 0.15) is 27.7 Å². The molecule has 0 radical (unpaired) electrons. The first-order chi connectivity index (χ1) is 8.71. The molecule has 2 amide bonds. The molecule has 0 saturated heterocycles. The molecule has 0 spiro atoms. The molecular formula is C14H18F2N2O. The van der Waals surface area contributed by atoms with Crippen LogP contribution in [0.25, 0.3) is 0 Å². The fourth-order valence-corrected chi connectivity index (χ4v) is 1.16. The number of hydrogen-bond acceptors (Lipinski definition) is 1. The molecular weight excluding hydrogens is 250 g/mol. The van der Waals surface area contributed by atoms with E-state index >= 15 is 0 Å². The summed E-state index contributed by atoms with van der Waals surface area (Å²) >= 11 is 0. The van der Waals surface area contributed by atoms with Crippen LogP contribution in [0, 0.1) is 17.0 Å². The summed E-state index contributed by atoms with van der Waals surface area (Å²) in [5, 5.41) is 4.59. The quantitative estimate of drug-likeness (QED) is 0.835. The zero-order chi connectivity index (χ0) is 14.6. The van der Waals surface area contributed by atoms with Crippen LogP contribution < -0.4 is 10.6 Å². The van der Waals surface area contributed by atoms with Crippen LogP contribution in [0.15, 0.2) is 30.0 Å². The number of benzene rings is 1. The summed E-state index contributed by atoms with van der Waals surface area (Å²) in [6, 6.07) is 2.70. The lowest BCUT2D eigenvalue weighted by Crippen LogP contribution is -2.26. The van der Waals surface area contributed by atoms with Gasteiger partial charge in [0.05, 0.1) is 0 Å². The number of rotatable bonds is 2. The van der Waals surface area contributed by atoms with E-state index in [2.05, 4.69) is 10.6 Å². The van der Waals surface area contributed by atoms with Gasteiger partial charge in [-0.1, -0.05) is 32.4 Å². The van der Waals surface area contributed by atoms with Gasteiger partial charge in [-0.3, -0.25) is 0 Å². The predicted molar refractivity (Wildman–Crippen MR) is 71.7 cm³/mol. The molecule has 2 N–H and O–H groups in total. The molecule has 19 heavy (non-hydrogen) atoms. The highest BCUT2D eigenvalue weighted by atomic mass is 19.1. The molecule has 0 aliphatic carbocycles. The fourth-order valence-electron chi connectivity index (χ4n) is 1.16. The van der Waals surface area contributed by atoms with E-state index in [-0.39, 0.29) is 5.41 Å². The molecule has 0 aliphatic rings. The number of amides is 2. The van der Waals surface area contributed by atoms with E-state index < -0.39 is 23.4 Å². The highest BCUT2D eigenvalue weighted by Crippen LogP contribution is 2.23. The molecule has 1 rings (SSSR count). The van der Waals surface area contributed by atoms with Gasteiger partial charge in [0.1, 0.15) is 17.3 Å². The Kier molecular flexibility index (Phi) is 4.64. The Morgan fingerprint density at radius 3 is 2.21 bits per heavy atom. The predicted octanol–water partition coefficient (Wildman–Crippen LogP) is 4.04. The van der Waals surface area contributed by atoms with Gasteiger partial charge in [0, 0.05) is 6.20 Å². The number of anilines is 1. The molecule has 0 heterocycles. The minimum absolute atomic E-state index is 0.0868. The SMILES string of the molecule is C/C(=C\NC(=O)Nc1c(F)cccc1F)C(C)(C)C. The highest BCUT2D eigenvalue weighted by molar-refractivity contribution is 5.90. The molecule has 1 aromatic rings. The van der Waals surface area contributed by atoms with Crippen molar-refractivity contribution in [1.29, 1.82) is 0 Å². The van der Waals surface area contributed by atoms with Gasteiger partial charge in [-0.05, 0) is 24.5 Å². The van der Waals surface area contributed by atoms with Gasteiger partial charge in [-0.25, -0.2) is 13.6 Å². The maximum Gasteiger partial charge on any atom is 0.323 e. The van der Waals surface area contributed by atoms with Crippen LogP contribution in [0.2, 0.25) is 0 Å². The second kappa shape index (κ2) is 5.82. The number of carbonyl (C=O) groups is 1. The Labute approximate surface area is 111 Å². The van der Waals surface area contributed by atoms with Crippen LogP contribution in [0.4, 0.5) is 19.3 Å². The topological polar surface area (TPSA) is 41.1 Å². The molecule has 0 bridgehead atoms. The molecule has 0 atom stereocenters. The van der Waals surface area contributed by atoms with Crippen molar-refractivity contribution in [3.8, 4) is 0 Å². The van der Waals surface area contributed by atoms with Crippen molar-refractivity contribution in [2.24, 2.45) is 5.41 Å². The average molecular weight is 268 g/mol. The summed E-state index contributed by atoms with van der Waals surface area (Å²) < 4.78 is 26.6. The number of carbonyl (C=O) groups excluding carboxylic acids is 1. The van der Waals surface area contributed by atoms with Gasteiger partial charge >= 0.3 is 6.03 Å². The lowest BCUT2D eigenvalue weighted by molar-refractivity contribution is 0.254. The third-order valence-electron chi connectivity index (χ3n) is 2.80. The Morgan fingerprint density at radius 2 is 1.74 bits per heavy atom. The Bertz CT molecular complexity index is 484. The third kappa shape index (κ3) is 4.35. The van der Waals surface area contributed by atoms with E-state index in [4.69, 9.17) is 0 Å². The first-order valence-electron chi connectivity index (χ1n) is 5.90. The van der Waals surface area contributed by atoms with Crippen molar-refractivity contribution < 1.29 is 13.6 Å². The van der Waals surface area contributed by atoms with Crippen molar-refractivity contribution in [3.05, 3.63) is 41.6 Å². The van der Waals surface area contributed by atoms with Gasteiger partial charge in [-0.2, -0.15) is 0 Å². The molecule has 0 saturated carbocycles. The smallest absolute Gasteiger partial charge is 0.314 e. The first kappa shape index (κ1) is 15.1. The van der Waals surface area contributed by atoms with Crippen LogP contribution in [-0.4, -0.2) is 6.03 Å². The molecule has 104 valence electrons. The first-order valence-corrected chi connectivity index (χ1v) is 5.90. The van der Waals surface area contributed by atoms with Crippen LogP contribution in [0.3, 0.4) is 0 Å². The van der Waals surface area contributed by atoms with Crippen LogP contribution in [-0.2, 0) is 0 Å². The summed E-state index contributed by atoms with van der Waals surface area (Å²) in [5.41, 5.74) is 0.398. The standard InChI is InChI=1S/C14H18F2N2O/c1-9(14(2,3)4)8-17-13(19)18-12-10(15)6-5-7-11(12)16/h5-8H,1-4H3,(H2,17,18,19)/b9-8+. The molecule has 0 aliphatic heterocycles. The number of hydrogen-bond donors (Lipinski definition) is 2. The highest BCUT2D eigenvalue weighted by Gasteiger charge is 2.14. The largest absolute Gasteiger partial charge is 0.323 e. The van der Waals surface area contributed by atoms with Crippen molar-refractivity contribution >= 4 is 11.7 Å². The van der Waals surface area contributed by atoms with Crippen molar-refractivity contribution in [3.63, 3.8) is 0 Å². The number of urea groups is 1. The van der Waals surface area contributed by atoms with Gasteiger partial charge in [0.15, 0.2) is 0 Å². The minimum Gasteiger partial charge on any atom is -0.314 e. The Hall–Kier alpha value is -1.91. The van der Waals surface area contributed by atoms with Crippen molar-refractivity contribution in [2.75, 3.05) is 5.32 Å². The zero-order valence-electron chi connectivity index (χ0n) is 11.5. The molecule has 0 unspecified atom stereocenters. The van der Waals surface area contributed by atoms with Crippen LogP contribution in [0.5, 0.6) is 0 Å². The Morgan fingerprint density at radius 1 is 1.21 bits per heavy atom. The minimum atomic E-state index is -0.813.